The van der Waals surface area contributed by atoms with Crippen LogP contribution in [0.4, 0.5) is 0 Å². The summed E-state index contributed by atoms with van der Waals surface area (Å²) in [6.45, 7) is 0. The number of benzene rings is 5. The van der Waals surface area contributed by atoms with Crippen LogP contribution in [-0.2, 0) is 11.8 Å². The summed E-state index contributed by atoms with van der Waals surface area (Å²) in [7, 11) is 0. The standard InChI is InChI=1S/C37H30/c1-4-14-28(15-5-1)37(29-16-6-2-7-17-29,30-18-8-3-9-19-30)36-22-12-21-32-34-24-23-27-13-10-11-20-31(27)33(34)25-26-35(32)36/h1-21,23-24,36H,22,25-26H2. The van der Waals surface area contributed by atoms with E-state index >= 15 is 0 Å². The van der Waals surface area contributed by atoms with Crippen LogP contribution in [0.5, 0.6) is 0 Å². The Hall–Kier alpha value is -4.16. The molecule has 2 aliphatic rings. The molecule has 0 saturated carbocycles. The first-order valence-corrected chi connectivity index (χ1v) is 13.4. The topological polar surface area (TPSA) is 0 Å². The fraction of sp³-hybridized carbons (Fsp3) is 0.135. The van der Waals surface area contributed by atoms with Crippen LogP contribution in [-0.4, -0.2) is 0 Å². The van der Waals surface area contributed by atoms with Gasteiger partial charge in [0.15, 0.2) is 0 Å². The number of rotatable bonds is 4. The van der Waals surface area contributed by atoms with Crippen LogP contribution in [0.25, 0.3) is 16.3 Å². The van der Waals surface area contributed by atoms with E-state index in [-0.39, 0.29) is 5.41 Å². The maximum absolute atomic E-state index is 2.43. The number of hydrogen-bond acceptors (Lipinski definition) is 0. The predicted molar refractivity (Wildman–Crippen MR) is 156 cm³/mol. The lowest BCUT2D eigenvalue weighted by atomic mass is 9.56. The summed E-state index contributed by atoms with van der Waals surface area (Å²) in [4.78, 5) is 0. The van der Waals surface area contributed by atoms with Crippen LogP contribution < -0.4 is 0 Å². The van der Waals surface area contributed by atoms with E-state index < -0.39 is 0 Å². The van der Waals surface area contributed by atoms with E-state index in [2.05, 4.69) is 140 Å². The summed E-state index contributed by atoms with van der Waals surface area (Å²) in [5, 5.41) is 2.75. The molecule has 0 amide bonds. The van der Waals surface area contributed by atoms with Gasteiger partial charge in [0.05, 0.1) is 5.41 Å². The second-order valence-electron chi connectivity index (χ2n) is 10.3. The highest BCUT2D eigenvalue weighted by atomic mass is 14.5. The Labute approximate surface area is 219 Å². The van der Waals surface area contributed by atoms with Crippen molar-refractivity contribution in [2.75, 3.05) is 0 Å². The molecule has 0 N–H and O–H groups in total. The molecule has 2 aliphatic carbocycles. The van der Waals surface area contributed by atoms with Gasteiger partial charge in [-0.15, -0.1) is 0 Å². The molecule has 1 atom stereocenters. The molecule has 5 aromatic carbocycles. The van der Waals surface area contributed by atoms with Gasteiger partial charge in [-0.2, -0.15) is 0 Å². The van der Waals surface area contributed by atoms with Crippen LogP contribution >= 0.6 is 0 Å². The largest absolute Gasteiger partial charge is 0.0833 e. The third-order valence-electron chi connectivity index (χ3n) is 8.61. The number of fused-ring (bicyclic) bond motifs is 4. The fourth-order valence-electron chi connectivity index (χ4n) is 7.09. The van der Waals surface area contributed by atoms with Crippen molar-refractivity contribution in [1.29, 1.82) is 0 Å². The van der Waals surface area contributed by atoms with E-state index in [0.717, 1.165) is 19.3 Å². The smallest absolute Gasteiger partial charge is 0.0519 e. The zero-order chi connectivity index (χ0) is 24.7. The van der Waals surface area contributed by atoms with Crippen LogP contribution in [0, 0.1) is 5.92 Å². The van der Waals surface area contributed by atoms with Crippen molar-refractivity contribution in [3.63, 3.8) is 0 Å². The number of allylic oxidation sites excluding steroid dienone is 4. The molecule has 37 heavy (non-hydrogen) atoms. The Bertz CT molecular complexity index is 1530. The molecule has 178 valence electrons. The summed E-state index contributed by atoms with van der Waals surface area (Å²) in [6, 6.07) is 47.2. The van der Waals surface area contributed by atoms with Crippen LogP contribution in [0.1, 0.15) is 40.7 Å². The highest BCUT2D eigenvalue weighted by Gasteiger charge is 2.46. The SMILES string of the molecule is C1=CC2=C(CCc3c2ccc2ccccc32)C(C(c2ccccc2)(c2ccccc2)c2ccccc2)C1. The molecule has 0 bridgehead atoms. The third-order valence-corrected chi connectivity index (χ3v) is 8.61. The van der Waals surface area contributed by atoms with Crippen LogP contribution in [0.3, 0.4) is 0 Å². The maximum atomic E-state index is 2.43. The van der Waals surface area contributed by atoms with Gasteiger partial charge < -0.3 is 0 Å². The molecule has 0 spiro atoms. The average molecular weight is 475 g/mol. The third kappa shape index (κ3) is 3.44. The zero-order valence-electron chi connectivity index (χ0n) is 21.0. The van der Waals surface area contributed by atoms with Crippen molar-refractivity contribution in [2.45, 2.75) is 24.7 Å². The van der Waals surface area contributed by atoms with Crippen molar-refractivity contribution < 1.29 is 0 Å². The molecule has 0 aliphatic heterocycles. The number of aryl methyl sites for hydroxylation is 1. The minimum absolute atomic E-state index is 0.274. The highest BCUT2D eigenvalue weighted by Crippen LogP contribution is 2.54. The van der Waals surface area contributed by atoms with Crippen molar-refractivity contribution in [3.8, 4) is 0 Å². The fourth-order valence-corrected chi connectivity index (χ4v) is 7.09. The van der Waals surface area contributed by atoms with Gasteiger partial charge in [-0.3, -0.25) is 0 Å². The van der Waals surface area contributed by atoms with Crippen LogP contribution in [0.2, 0.25) is 0 Å². The van der Waals surface area contributed by atoms with Gasteiger partial charge in [-0.25, -0.2) is 0 Å². The summed E-state index contributed by atoms with van der Waals surface area (Å²) >= 11 is 0. The van der Waals surface area contributed by atoms with Gasteiger partial charge in [0.2, 0.25) is 0 Å². The minimum Gasteiger partial charge on any atom is -0.0833 e. The van der Waals surface area contributed by atoms with E-state index in [4.69, 9.17) is 0 Å². The van der Waals surface area contributed by atoms with E-state index in [9.17, 15) is 0 Å². The molecule has 0 heteroatoms. The normalized spacial score (nSPS) is 16.9. The first kappa shape index (κ1) is 22.1. The lowest BCUT2D eigenvalue weighted by Gasteiger charge is -2.46. The Morgan fingerprint density at radius 3 is 1.73 bits per heavy atom. The van der Waals surface area contributed by atoms with Crippen molar-refractivity contribution in [2.24, 2.45) is 5.92 Å². The van der Waals surface area contributed by atoms with E-state index in [1.165, 1.54) is 44.2 Å². The zero-order valence-corrected chi connectivity index (χ0v) is 21.0. The van der Waals surface area contributed by atoms with Gasteiger partial charge in [-0.1, -0.05) is 145 Å². The van der Waals surface area contributed by atoms with Gasteiger partial charge in [0.25, 0.3) is 0 Å². The lowest BCUT2D eigenvalue weighted by Crippen LogP contribution is -2.40. The minimum atomic E-state index is -0.274. The highest BCUT2D eigenvalue weighted by molar-refractivity contribution is 5.94. The lowest BCUT2D eigenvalue weighted by molar-refractivity contribution is 0.415. The van der Waals surface area contributed by atoms with Gasteiger partial charge in [0, 0.05) is 5.92 Å². The molecule has 0 fully saturated rings. The van der Waals surface area contributed by atoms with E-state index in [1.54, 1.807) is 5.57 Å². The molecular weight excluding hydrogens is 444 g/mol. The first-order valence-electron chi connectivity index (χ1n) is 13.4. The second kappa shape index (κ2) is 9.05. The molecular formula is C37H30. The Morgan fingerprint density at radius 2 is 1.11 bits per heavy atom. The molecule has 1 unspecified atom stereocenters. The second-order valence-corrected chi connectivity index (χ2v) is 10.3. The molecule has 0 radical (unpaired) electrons. The van der Waals surface area contributed by atoms with Gasteiger partial charge in [-0.05, 0) is 63.4 Å². The monoisotopic (exact) mass is 474 g/mol. The Kier molecular flexibility index (Phi) is 5.40. The van der Waals surface area contributed by atoms with Crippen molar-refractivity contribution in [3.05, 3.63) is 173 Å². The van der Waals surface area contributed by atoms with Crippen molar-refractivity contribution in [1.82, 2.24) is 0 Å². The molecule has 0 heterocycles. The van der Waals surface area contributed by atoms with E-state index in [1.807, 2.05) is 0 Å². The summed E-state index contributed by atoms with van der Waals surface area (Å²) in [5.41, 5.74) is 9.79. The average Bonchev–Trinajstić information content (AvgIpc) is 2.99. The summed E-state index contributed by atoms with van der Waals surface area (Å²) in [6.07, 6.45) is 8.05. The molecule has 7 rings (SSSR count). The molecule has 0 aromatic heterocycles. The summed E-state index contributed by atoms with van der Waals surface area (Å²) < 4.78 is 0. The van der Waals surface area contributed by atoms with Gasteiger partial charge in [0.1, 0.15) is 0 Å². The molecule has 5 aromatic rings. The Morgan fingerprint density at radius 1 is 0.541 bits per heavy atom. The predicted octanol–water partition coefficient (Wildman–Crippen LogP) is 9.15. The first-order chi connectivity index (χ1) is 18.4. The van der Waals surface area contributed by atoms with Crippen LogP contribution in [0.15, 0.2) is 145 Å². The van der Waals surface area contributed by atoms with Gasteiger partial charge >= 0.3 is 0 Å². The quantitative estimate of drug-likeness (QED) is 0.228. The maximum Gasteiger partial charge on any atom is 0.0519 e. The summed E-state index contributed by atoms with van der Waals surface area (Å²) in [5.74, 6) is 0.333. The van der Waals surface area contributed by atoms with E-state index in [0.29, 0.717) is 5.92 Å². The Balaban J connectivity index is 1.52. The number of hydrogen-bond donors (Lipinski definition) is 0. The molecule has 0 saturated heterocycles. The molecule has 0 nitrogen and oxygen atoms in total. The van der Waals surface area contributed by atoms with Crippen molar-refractivity contribution >= 4 is 16.3 Å².